The summed E-state index contributed by atoms with van der Waals surface area (Å²) in [6.07, 6.45) is 4.12. The summed E-state index contributed by atoms with van der Waals surface area (Å²) in [7, 11) is 5.75. The van der Waals surface area contributed by atoms with Crippen molar-refractivity contribution in [2.45, 2.75) is 31.9 Å². The fraction of sp³-hybridized carbons (Fsp3) is 0.667. The number of hydrogen-bond acceptors (Lipinski definition) is 2. The molecule has 0 aromatic carbocycles. The van der Waals surface area contributed by atoms with Crippen LogP contribution in [-0.4, -0.2) is 33.2 Å². The summed E-state index contributed by atoms with van der Waals surface area (Å²) in [5.41, 5.74) is 0. The second kappa shape index (κ2) is 15.3. The Morgan fingerprint density at radius 2 is 2.00 bits per heavy atom. The second-order valence-electron chi connectivity index (χ2n) is 3.33. The first-order chi connectivity index (χ1) is 6.24. The Morgan fingerprint density at radius 3 is 2.41 bits per heavy atom. The maximum Gasteiger partial charge on any atom is 2.00 e. The minimum absolute atomic E-state index is 0. The zero-order chi connectivity index (χ0) is 9.68. The zero-order valence-corrected chi connectivity index (χ0v) is 15.4. The van der Waals surface area contributed by atoms with Gasteiger partial charge in [-0.15, -0.1) is 5.92 Å². The van der Waals surface area contributed by atoms with Gasteiger partial charge in [-0.3, -0.25) is 0 Å². The van der Waals surface area contributed by atoms with E-state index in [0.717, 1.165) is 26.1 Å². The van der Waals surface area contributed by atoms with Crippen LogP contribution >= 0.6 is 0 Å². The Bertz CT molecular complexity index is 152. The average Bonchev–Trinajstić information content (AvgIpc) is 2.39. The summed E-state index contributed by atoms with van der Waals surface area (Å²) in [6, 6.07) is -0.163. The van der Waals surface area contributed by atoms with E-state index >= 15 is 0 Å². The summed E-state index contributed by atoms with van der Waals surface area (Å²) < 4.78 is 10.5. The van der Waals surface area contributed by atoms with Gasteiger partial charge in [0.15, 0.2) is 0 Å². The molecule has 1 rings (SSSR count). The fourth-order valence-electron chi connectivity index (χ4n) is 1.56. The summed E-state index contributed by atoms with van der Waals surface area (Å²) in [5.74, 6) is 0.350. The van der Waals surface area contributed by atoms with Crippen molar-refractivity contribution in [1.82, 2.24) is 0 Å². The Morgan fingerprint density at radius 1 is 1.41 bits per heavy atom. The van der Waals surface area contributed by atoms with Crippen molar-refractivity contribution in [1.29, 1.82) is 0 Å². The van der Waals surface area contributed by atoms with Crippen LogP contribution in [0.15, 0.2) is 0 Å². The number of rotatable bonds is 5. The Balaban J connectivity index is -0.000000211. The van der Waals surface area contributed by atoms with Crippen LogP contribution in [0, 0.1) is 34.1 Å². The molecule has 0 spiro atoms. The smallest absolute Gasteiger partial charge is 0.449 e. The van der Waals surface area contributed by atoms with E-state index in [1.165, 1.54) is 0 Å². The summed E-state index contributed by atoms with van der Waals surface area (Å²) >= 11 is 0. The predicted octanol–water partition coefficient (Wildman–Crippen LogP) is 2.25. The van der Waals surface area contributed by atoms with Crippen molar-refractivity contribution >= 4 is 7.85 Å². The third kappa shape index (κ3) is 10.8. The molecule has 1 aliphatic heterocycles. The molecule has 0 aromatic rings. The molecule has 0 saturated carbocycles. The molecule has 0 amide bonds. The predicted molar refractivity (Wildman–Crippen MR) is 66.1 cm³/mol. The molecule has 17 heavy (non-hydrogen) atoms. The van der Waals surface area contributed by atoms with Crippen LogP contribution in [0.25, 0.3) is 0 Å². The van der Waals surface area contributed by atoms with Crippen molar-refractivity contribution in [3.05, 3.63) is 28.2 Å². The Kier molecular flexibility index (Phi) is 24.1. The van der Waals surface area contributed by atoms with Gasteiger partial charge in [0.25, 0.3) is 0 Å². The molecule has 0 aliphatic carbocycles. The molecule has 3 radical (unpaired) electrons. The molecular weight excluding hydrogens is 422 g/mol. The molecule has 1 unspecified atom stereocenters. The monoisotopic (exact) mass is 445 g/mol. The summed E-state index contributed by atoms with van der Waals surface area (Å²) in [4.78, 5) is 0. The third-order valence-electron chi connectivity index (χ3n) is 2.25. The average molecular weight is 445 g/mol. The van der Waals surface area contributed by atoms with E-state index in [-0.39, 0.29) is 66.6 Å². The van der Waals surface area contributed by atoms with Gasteiger partial charge in [0, 0.05) is 13.2 Å². The minimum atomic E-state index is -0.163. The molecule has 0 N–H and O–H groups in total. The van der Waals surface area contributed by atoms with E-state index in [1.807, 2.05) is 6.92 Å². The first kappa shape index (κ1) is 26.7. The number of ether oxygens (including phenoxy) is 2. The molecule has 0 bridgehead atoms. The minimum Gasteiger partial charge on any atom is -0.449 e. The largest absolute Gasteiger partial charge is 2.00 e. The third-order valence-corrected chi connectivity index (χ3v) is 2.25. The molecule has 1 aliphatic rings. The topological polar surface area (TPSA) is 18.5 Å². The van der Waals surface area contributed by atoms with Crippen LogP contribution in [0.5, 0.6) is 0 Å². The van der Waals surface area contributed by atoms with Crippen molar-refractivity contribution < 1.29 is 49.1 Å². The van der Waals surface area contributed by atoms with Crippen molar-refractivity contribution in [3.8, 4) is 0 Å². The summed E-state index contributed by atoms with van der Waals surface area (Å²) in [6.45, 7) is 7.40. The molecule has 1 saturated heterocycles. The fourth-order valence-corrected chi connectivity index (χ4v) is 1.56. The maximum atomic E-state index is 5.75. The maximum absolute atomic E-state index is 5.75. The molecule has 1 heterocycles. The van der Waals surface area contributed by atoms with Gasteiger partial charge in [0.1, 0.15) is 7.85 Å². The molecule has 5 heteroatoms. The molecule has 2 nitrogen and oxygen atoms in total. The quantitative estimate of drug-likeness (QED) is 0.368. The van der Waals surface area contributed by atoms with E-state index in [0.29, 0.717) is 5.92 Å². The van der Waals surface area contributed by atoms with Crippen LogP contribution in [0.2, 0.25) is 0 Å². The standard InChI is InChI=1S/C10H17BO2.2CH3.V.W/c1-3-12-6-4-5-9-7-8(2)13-10(9)11;;;;/h7-10H,2-6H2,1H3;2*1H3;;/q-2;2*-1;2*+2/t8-,9?,10-;;;;/m1..../s1. The Labute approximate surface area is 136 Å². The van der Waals surface area contributed by atoms with E-state index in [9.17, 15) is 0 Å². The van der Waals surface area contributed by atoms with E-state index < -0.39 is 0 Å². The van der Waals surface area contributed by atoms with Gasteiger partial charge in [0.2, 0.25) is 0 Å². The van der Waals surface area contributed by atoms with Crippen LogP contribution in [0.4, 0.5) is 0 Å². The van der Waals surface area contributed by atoms with Crippen molar-refractivity contribution in [2.24, 2.45) is 5.92 Å². The van der Waals surface area contributed by atoms with Gasteiger partial charge in [0.05, 0.1) is 0 Å². The zero-order valence-electron chi connectivity index (χ0n) is 11.1. The van der Waals surface area contributed by atoms with E-state index in [1.54, 1.807) is 0 Å². The van der Waals surface area contributed by atoms with Gasteiger partial charge in [-0.25, -0.2) is 0 Å². The van der Waals surface area contributed by atoms with Gasteiger partial charge in [-0.1, -0.05) is 6.42 Å². The van der Waals surface area contributed by atoms with Gasteiger partial charge in [-0.2, -0.15) is 6.10 Å². The normalized spacial score (nSPS) is 25.9. The second-order valence-corrected chi connectivity index (χ2v) is 3.33. The Hall–Kier alpha value is 1.26. The van der Waals surface area contributed by atoms with Crippen molar-refractivity contribution in [2.75, 3.05) is 13.2 Å². The molecule has 3 atom stereocenters. The van der Waals surface area contributed by atoms with E-state index in [4.69, 9.17) is 17.3 Å². The van der Waals surface area contributed by atoms with Crippen LogP contribution in [0.3, 0.4) is 0 Å². The van der Waals surface area contributed by atoms with E-state index in [2.05, 4.69) is 13.3 Å². The van der Waals surface area contributed by atoms with Crippen LogP contribution in [-0.2, 0) is 49.1 Å². The van der Waals surface area contributed by atoms with Crippen LogP contribution < -0.4 is 0 Å². The summed E-state index contributed by atoms with van der Waals surface area (Å²) in [5, 5.41) is 0. The molecule has 1 fully saturated rings. The first-order valence-electron chi connectivity index (χ1n) is 4.91. The molecular formula is C12H23BO2VW. The number of hydrogen-bond donors (Lipinski definition) is 0. The van der Waals surface area contributed by atoms with Gasteiger partial charge < -0.3 is 37.7 Å². The van der Waals surface area contributed by atoms with Gasteiger partial charge in [-0.05, 0) is 19.3 Å². The molecule has 0 aromatic heterocycles. The van der Waals surface area contributed by atoms with Crippen molar-refractivity contribution in [3.63, 3.8) is 0 Å². The van der Waals surface area contributed by atoms with Gasteiger partial charge >= 0.3 is 39.6 Å². The molecule has 97 valence electrons. The first-order valence-corrected chi connectivity index (χ1v) is 4.91. The SMILES string of the molecule is [B][C@@H]1O[C@H]([CH2-])[CH-]C1CCCOCC.[CH3-].[CH3-].[V+2].[W+2]. The van der Waals surface area contributed by atoms with Crippen LogP contribution in [0.1, 0.15) is 19.8 Å².